The number of hydrogen-bond donors (Lipinski definition) is 1. The Morgan fingerprint density at radius 3 is 2.59 bits per heavy atom. The Labute approximate surface area is 140 Å². The first-order valence-corrected chi connectivity index (χ1v) is 8.29. The summed E-state index contributed by atoms with van der Waals surface area (Å²) in [6.07, 6.45) is 0. The fourth-order valence-corrected chi connectivity index (χ4v) is 3.07. The summed E-state index contributed by atoms with van der Waals surface area (Å²) in [4.78, 5) is 12.9. The Bertz CT molecular complexity index is 646. The minimum absolute atomic E-state index is 0.00615. The second-order valence-electron chi connectivity index (χ2n) is 6.02. The molecular weight excluding hydrogens is 318 g/mol. The van der Waals surface area contributed by atoms with E-state index in [1.165, 1.54) is 11.3 Å². The van der Waals surface area contributed by atoms with Crippen molar-refractivity contribution in [3.05, 3.63) is 51.2 Å². The third-order valence-electron chi connectivity index (χ3n) is 3.14. The van der Waals surface area contributed by atoms with E-state index in [-0.39, 0.29) is 17.9 Å². The van der Waals surface area contributed by atoms with E-state index in [1.54, 1.807) is 0 Å². The van der Waals surface area contributed by atoms with Crippen LogP contribution in [0.5, 0.6) is 5.75 Å². The molecule has 0 aliphatic carbocycles. The third kappa shape index (κ3) is 4.75. The number of benzene rings is 1. The number of hydrogen-bond acceptors (Lipinski definition) is 3. The largest absolute Gasteiger partial charge is 0.483 e. The van der Waals surface area contributed by atoms with Crippen LogP contribution in [0.15, 0.2) is 36.4 Å². The van der Waals surface area contributed by atoms with Crippen LogP contribution in [-0.4, -0.2) is 12.5 Å². The van der Waals surface area contributed by atoms with Crippen LogP contribution in [0.2, 0.25) is 4.34 Å². The fraction of sp³-hybridized carbons (Fsp3) is 0.353. The highest BCUT2D eigenvalue weighted by Gasteiger charge is 2.18. The van der Waals surface area contributed by atoms with Gasteiger partial charge in [-0.3, -0.25) is 4.79 Å². The van der Waals surface area contributed by atoms with Crippen molar-refractivity contribution in [2.45, 2.75) is 32.7 Å². The molecule has 0 fully saturated rings. The molecule has 3 nitrogen and oxygen atoms in total. The quantitative estimate of drug-likeness (QED) is 0.878. The second kappa shape index (κ2) is 7.16. The van der Waals surface area contributed by atoms with Crippen molar-refractivity contribution in [2.75, 3.05) is 6.61 Å². The lowest BCUT2D eigenvalue weighted by Crippen LogP contribution is -2.28. The smallest absolute Gasteiger partial charge is 0.258 e. The lowest BCUT2D eigenvalue weighted by molar-refractivity contribution is -0.123. The van der Waals surface area contributed by atoms with Crippen LogP contribution in [0.1, 0.15) is 31.2 Å². The number of amides is 1. The first-order valence-electron chi connectivity index (χ1n) is 7.09. The summed E-state index contributed by atoms with van der Waals surface area (Å²) in [5.74, 6) is 0.609. The fourth-order valence-electron chi connectivity index (χ4n) is 2.04. The highest BCUT2D eigenvalue weighted by atomic mass is 35.5. The average molecular weight is 338 g/mol. The van der Waals surface area contributed by atoms with Gasteiger partial charge in [-0.15, -0.1) is 11.3 Å². The molecule has 0 saturated carbocycles. The third-order valence-corrected chi connectivity index (χ3v) is 4.37. The van der Waals surface area contributed by atoms with Crippen molar-refractivity contribution in [2.24, 2.45) is 0 Å². The summed E-state index contributed by atoms with van der Waals surface area (Å²) in [6.45, 7) is 6.84. The van der Waals surface area contributed by atoms with Crippen LogP contribution in [0.3, 0.4) is 0 Å². The second-order valence-corrected chi connectivity index (χ2v) is 7.82. The molecule has 1 N–H and O–H groups in total. The SMILES string of the molecule is CC(C)(C)c1ccccc1OCC(=O)NCc1ccc(Cl)s1. The van der Waals surface area contributed by atoms with Gasteiger partial charge in [0.2, 0.25) is 0 Å². The van der Waals surface area contributed by atoms with Crippen LogP contribution < -0.4 is 10.1 Å². The molecule has 1 aromatic heterocycles. The molecule has 0 bridgehead atoms. The number of ether oxygens (including phenoxy) is 1. The zero-order valence-corrected chi connectivity index (χ0v) is 14.6. The number of rotatable bonds is 5. The Morgan fingerprint density at radius 2 is 1.95 bits per heavy atom. The molecule has 1 amide bonds. The molecule has 0 radical (unpaired) electrons. The molecule has 22 heavy (non-hydrogen) atoms. The predicted molar refractivity (Wildman–Crippen MR) is 91.8 cm³/mol. The molecule has 5 heteroatoms. The van der Waals surface area contributed by atoms with Gasteiger partial charge in [0, 0.05) is 4.88 Å². The van der Waals surface area contributed by atoms with Crippen molar-refractivity contribution in [3.63, 3.8) is 0 Å². The van der Waals surface area contributed by atoms with Gasteiger partial charge < -0.3 is 10.1 Å². The molecule has 0 saturated heterocycles. The van der Waals surface area contributed by atoms with E-state index in [4.69, 9.17) is 16.3 Å². The van der Waals surface area contributed by atoms with Crippen LogP contribution in [0.25, 0.3) is 0 Å². The number of carbonyl (C=O) groups is 1. The van der Waals surface area contributed by atoms with Gasteiger partial charge in [-0.25, -0.2) is 0 Å². The van der Waals surface area contributed by atoms with Gasteiger partial charge in [-0.05, 0) is 29.2 Å². The van der Waals surface area contributed by atoms with Crippen molar-refractivity contribution in [3.8, 4) is 5.75 Å². The summed E-state index contributed by atoms with van der Waals surface area (Å²) in [6, 6.07) is 11.5. The van der Waals surface area contributed by atoms with Crippen molar-refractivity contribution in [1.82, 2.24) is 5.32 Å². The zero-order valence-electron chi connectivity index (χ0n) is 13.0. The van der Waals surface area contributed by atoms with Gasteiger partial charge in [0.25, 0.3) is 5.91 Å². The molecule has 2 rings (SSSR count). The van der Waals surface area contributed by atoms with E-state index in [9.17, 15) is 4.79 Å². The van der Waals surface area contributed by atoms with Gasteiger partial charge in [-0.1, -0.05) is 50.6 Å². The topological polar surface area (TPSA) is 38.3 Å². The van der Waals surface area contributed by atoms with Crippen molar-refractivity contribution < 1.29 is 9.53 Å². The summed E-state index contributed by atoms with van der Waals surface area (Å²) in [7, 11) is 0. The summed E-state index contributed by atoms with van der Waals surface area (Å²) in [5.41, 5.74) is 1.06. The highest BCUT2D eigenvalue weighted by Crippen LogP contribution is 2.30. The van der Waals surface area contributed by atoms with E-state index in [0.29, 0.717) is 6.54 Å². The molecule has 0 aliphatic rings. The van der Waals surface area contributed by atoms with Crippen molar-refractivity contribution in [1.29, 1.82) is 0 Å². The minimum Gasteiger partial charge on any atom is -0.483 e. The van der Waals surface area contributed by atoms with E-state index in [1.807, 2.05) is 36.4 Å². The maximum atomic E-state index is 11.9. The van der Waals surface area contributed by atoms with Crippen LogP contribution in [0, 0.1) is 0 Å². The Hall–Kier alpha value is -1.52. The van der Waals surface area contributed by atoms with Crippen molar-refractivity contribution >= 4 is 28.8 Å². The number of carbonyl (C=O) groups excluding carboxylic acids is 1. The van der Waals surface area contributed by atoms with Gasteiger partial charge in [0.15, 0.2) is 6.61 Å². The molecular formula is C17H20ClNO2S. The normalized spacial score (nSPS) is 11.3. The van der Waals surface area contributed by atoms with E-state index >= 15 is 0 Å². The minimum atomic E-state index is -0.145. The standard InChI is InChI=1S/C17H20ClNO2S/c1-17(2,3)13-6-4-5-7-14(13)21-11-16(20)19-10-12-8-9-15(18)22-12/h4-9H,10-11H2,1-3H3,(H,19,20). The first kappa shape index (κ1) is 16.8. The molecule has 0 unspecified atom stereocenters. The van der Waals surface area contributed by atoms with Crippen LogP contribution >= 0.6 is 22.9 Å². The van der Waals surface area contributed by atoms with E-state index in [2.05, 4.69) is 26.1 Å². The number of nitrogens with one attached hydrogen (secondary N) is 1. The van der Waals surface area contributed by atoms with Gasteiger partial charge in [0.1, 0.15) is 5.75 Å². The molecule has 0 atom stereocenters. The first-order chi connectivity index (χ1) is 10.4. The summed E-state index contributed by atoms with van der Waals surface area (Å²) >= 11 is 7.32. The number of thiophene rings is 1. The Balaban J connectivity index is 1.89. The number of para-hydroxylation sites is 1. The van der Waals surface area contributed by atoms with Crippen LogP contribution in [-0.2, 0) is 16.8 Å². The summed E-state index contributed by atoms with van der Waals surface area (Å²) in [5, 5.41) is 2.83. The molecule has 1 heterocycles. The Morgan fingerprint density at radius 1 is 1.23 bits per heavy atom. The molecule has 2 aromatic rings. The zero-order chi connectivity index (χ0) is 16.2. The molecule has 118 valence electrons. The molecule has 0 spiro atoms. The predicted octanol–water partition coefficient (Wildman–Crippen LogP) is 4.39. The van der Waals surface area contributed by atoms with E-state index < -0.39 is 0 Å². The van der Waals surface area contributed by atoms with Gasteiger partial charge in [0.05, 0.1) is 10.9 Å². The van der Waals surface area contributed by atoms with Gasteiger partial charge in [-0.2, -0.15) is 0 Å². The lowest BCUT2D eigenvalue weighted by Gasteiger charge is -2.22. The molecule has 1 aromatic carbocycles. The van der Waals surface area contributed by atoms with E-state index in [0.717, 1.165) is 20.5 Å². The maximum Gasteiger partial charge on any atom is 0.258 e. The maximum absolute atomic E-state index is 11.9. The average Bonchev–Trinajstić information content (AvgIpc) is 2.88. The number of halogens is 1. The molecule has 0 aliphatic heterocycles. The monoisotopic (exact) mass is 337 g/mol. The highest BCUT2D eigenvalue weighted by molar-refractivity contribution is 7.16. The van der Waals surface area contributed by atoms with Gasteiger partial charge >= 0.3 is 0 Å². The Kier molecular flexibility index (Phi) is 5.48. The lowest BCUT2D eigenvalue weighted by atomic mass is 9.86. The summed E-state index contributed by atoms with van der Waals surface area (Å²) < 4.78 is 6.41. The van der Waals surface area contributed by atoms with Crippen LogP contribution in [0.4, 0.5) is 0 Å².